The molecule has 1 aliphatic carbocycles. The van der Waals surface area contributed by atoms with Crippen LogP contribution in [0.15, 0.2) is 11.8 Å². The molecular formula is C12H22N2O. The van der Waals surface area contributed by atoms with Gasteiger partial charge in [-0.1, -0.05) is 20.3 Å². The van der Waals surface area contributed by atoms with E-state index in [1.807, 2.05) is 13.8 Å². The van der Waals surface area contributed by atoms with E-state index in [1.165, 1.54) is 19.3 Å². The Labute approximate surface area is 92.2 Å². The van der Waals surface area contributed by atoms with Crippen LogP contribution in [0.1, 0.15) is 46.0 Å². The number of hydrogen-bond acceptors (Lipinski definition) is 3. The second kappa shape index (κ2) is 5.79. The fraction of sp³-hybridized carbons (Fsp3) is 0.750. The van der Waals surface area contributed by atoms with Crippen LogP contribution in [0.25, 0.3) is 0 Å². The molecule has 0 bridgehead atoms. The lowest BCUT2D eigenvalue weighted by atomic mass is 9.98. The largest absolute Gasteiger partial charge is 0.475 e. The molecule has 0 unspecified atom stereocenters. The van der Waals surface area contributed by atoms with Crippen molar-refractivity contribution in [2.45, 2.75) is 52.1 Å². The summed E-state index contributed by atoms with van der Waals surface area (Å²) in [5.41, 5.74) is 6.48. The van der Waals surface area contributed by atoms with Crippen LogP contribution in [-0.4, -0.2) is 12.0 Å². The Morgan fingerprint density at radius 1 is 1.33 bits per heavy atom. The molecule has 0 aromatic carbocycles. The van der Waals surface area contributed by atoms with Crippen molar-refractivity contribution < 1.29 is 4.74 Å². The van der Waals surface area contributed by atoms with Gasteiger partial charge in [-0.25, -0.2) is 0 Å². The fourth-order valence-corrected chi connectivity index (χ4v) is 1.71. The molecule has 0 saturated heterocycles. The van der Waals surface area contributed by atoms with Gasteiger partial charge in [0.1, 0.15) is 6.10 Å². The van der Waals surface area contributed by atoms with E-state index >= 15 is 0 Å². The average molecular weight is 210 g/mol. The van der Waals surface area contributed by atoms with Gasteiger partial charge in [-0.15, -0.1) is 0 Å². The summed E-state index contributed by atoms with van der Waals surface area (Å²) in [5, 5.41) is 7.67. The molecule has 3 N–H and O–H groups in total. The highest BCUT2D eigenvalue weighted by Gasteiger charge is 2.15. The Morgan fingerprint density at radius 2 is 1.93 bits per heavy atom. The molecule has 0 atom stereocenters. The lowest BCUT2D eigenvalue weighted by molar-refractivity contribution is 0.143. The molecule has 0 radical (unpaired) electrons. The normalized spacial score (nSPS) is 19.3. The molecule has 15 heavy (non-hydrogen) atoms. The maximum absolute atomic E-state index is 7.67. The van der Waals surface area contributed by atoms with Crippen LogP contribution in [0.5, 0.6) is 0 Å². The predicted octanol–water partition coefficient (Wildman–Crippen LogP) is 2.81. The molecule has 1 rings (SSSR count). The summed E-state index contributed by atoms with van der Waals surface area (Å²) >= 11 is 0. The third kappa shape index (κ3) is 4.36. The van der Waals surface area contributed by atoms with Crippen LogP contribution in [0, 0.1) is 11.3 Å². The van der Waals surface area contributed by atoms with Crippen molar-refractivity contribution in [3.8, 4) is 0 Å². The van der Waals surface area contributed by atoms with Crippen molar-refractivity contribution in [3.63, 3.8) is 0 Å². The smallest absolute Gasteiger partial charge is 0.207 e. The third-order valence-corrected chi connectivity index (χ3v) is 2.81. The van der Waals surface area contributed by atoms with Gasteiger partial charge in [0.05, 0.1) is 0 Å². The van der Waals surface area contributed by atoms with Gasteiger partial charge in [0.15, 0.2) is 0 Å². The second-order valence-corrected chi connectivity index (χ2v) is 4.54. The van der Waals surface area contributed by atoms with Crippen LogP contribution in [0.4, 0.5) is 0 Å². The average Bonchev–Trinajstić information content (AvgIpc) is 2.18. The Bertz CT molecular complexity index is 240. The summed E-state index contributed by atoms with van der Waals surface area (Å²) in [4.78, 5) is 0. The Morgan fingerprint density at radius 3 is 2.47 bits per heavy atom. The number of allylic oxidation sites excluding steroid dienone is 1. The monoisotopic (exact) mass is 210 g/mol. The van der Waals surface area contributed by atoms with Crippen molar-refractivity contribution in [2.75, 3.05) is 0 Å². The molecule has 3 heteroatoms. The summed E-state index contributed by atoms with van der Waals surface area (Å²) < 4.78 is 5.54. The number of nitrogens with one attached hydrogen (secondary N) is 1. The summed E-state index contributed by atoms with van der Waals surface area (Å²) in [6, 6.07) is 0. The van der Waals surface area contributed by atoms with Crippen molar-refractivity contribution in [1.82, 2.24) is 0 Å². The van der Waals surface area contributed by atoms with Gasteiger partial charge < -0.3 is 10.5 Å². The summed E-state index contributed by atoms with van der Waals surface area (Å²) in [6.07, 6.45) is 7.79. The molecule has 86 valence electrons. The maximum atomic E-state index is 7.67. The van der Waals surface area contributed by atoms with Gasteiger partial charge in [-0.2, -0.15) is 0 Å². The van der Waals surface area contributed by atoms with Gasteiger partial charge in [-0.3, -0.25) is 5.41 Å². The molecule has 1 saturated carbocycles. The molecule has 1 aliphatic rings. The van der Waals surface area contributed by atoms with E-state index in [9.17, 15) is 0 Å². The van der Waals surface area contributed by atoms with Gasteiger partial charge in [-0.05, 0) is 31.6 Å². The minimum Gasteiger partial charge on any atom is -0.475 e. The summed E-state index contributed by atoms with van der Waals surface area (Å²) in [7, 11) is 0. The SMILES string of the molecule is CC(C)/C(N)=C/C(=N)OC1CCCCC1. The standard InChI is InChI=1S/C12H22N2O/c1-9(2)11(13)8-12(14)15-10-6-4-3-5-7-10/h8-10,14H,3-7,13H2,1-2H3/b11-8-,14-12?. The highest BCUT2D eigenvalue weighted by molar-refractivity contribution is 5.85. The van der Waals surface area contributed by atoms with Crippen LogP contribution < -0.4 is 5.73 Å². The fourth-order valence-electron chi connectivity index (χ4n) is 1.71. The molecule has 0 aromatic rings. The van der Waals surface area contributed by atoms with E-state index in [0.29, 0.717) is 0 Å². The minimum absolute atomic E-state index is 0.216. The van der Waals surface area contributed by atoms with Gasteiger partial charge >= 0.3 is 0 Å². The van der Waals surface area contributed by atoms with Crippen molar-refractivity contribution in [2.24, 2.45) is 11.7 Å². The maximum Gasteiger partial charge on any atom is 0.207 e. The Kier molecular flexibility index (Phi) is 4.66. The third-order valence-electron chi connectivity index (χ3n) is 2.81. The highest BCUT2D eigenvalue weighted by Crippen LogP contribution is 2.20. The van der Waals surface area contributed by atoms with Gasteiger partial charge in [0.25, 0.3) is 0 Å². The lowest BCUT2D eigenvalue weighted by Gasteiger charge is -2.22. The summed E-state index contributed by atoms with van der Waals surface area (Å²) in [5.74, 6) is 0.494. The van der Waals surface area contributed by atoms with Gasteiger partial charge in [0, 0.05) is 11.8 Å². The number of hydrogen-bond donors (Lipinski definition) is 2. The zero-order valence-electron chi connectivity index (χ0n) is 9.75. The van der Waals surface area contributed by atoms with Crippen molar-refractivity contribution in [1.29, 1.82) is 5.41 Å². The van der Waals surface area contributed by atoms with Crippen LogP contribution in [0.2, 0.25) is 0 Å². The van der Waals surface area contributed by atoms with E-state index in [4.69, 9.17) is 15.9 Å². The molecule has 0 spiro atoms. The minimum atomic E-state index is 0.216. The van der Waals surface area contributed by atoms with E-state index < -0.39 is 0 Å². The summed E-state index contributed by atoms with van der Waals surface area (Å²) in [6.45, 7) is 4.03. The first-order valence-electron chi connectivity index (χ1n) is 5.82. The van der Waals surface area contributed by atoms with Crippen LogP contribution in [0.3, 0.4) is 0 Å². The molecule has 0 heterocycles. The van der Waals surface area contributed by atoms with Crippen LogP contribution >= 0.6 is 0 Å². The Balaban J connectivity index is 2.37. The number of rotatable bonds is 3. The van der Waals surface area contributed by atoms with E-state index in [-0.39, 0.29) is 17.9 Å². The van der Waals surface area contributed by atoms with E-state index in [1.54, 1.807) is 6.08 Å². The first kappa shape index (κ1) is 12.1. The second-order valence-electron chi connectivity index (χ2n) is 4.54. The molecule has 0 aliphatic heterocycles. The lowest BCUT2D eigenvalue weighted by Crippen LogP contribution is -2.20. The first-order chi connectivity index (χ1) is 7.09. The highest BCUT2D eigenvalue weighted by atomic mass is 16.5. The Hall–Kier alpha value is -0.990. The zero-order chi connectivity index (χ0) is 11.3. The topological polar surface area (TPSA) is 59.1 Å². The van der Waals surface area contributed by atoms with Crippen LogP contribution in [-0.2, 0) is 4.74 Å². The van der Waals surface area contributed by atoms with E-state index in [0.717, 1.165) is 18.5 Å². The molecule has 3 nitrogen and oxygen atoms in total. The molecule has 0 amide bonds. The molecule has 1 fully saturated rings. The first-order valence-corrected chi connectivity index (χ1v) is 5.82. The van der Waals surface area contributed by atoms with E-state index in [2.05, 4.69) is 0 Å². The number of ether oxygens (including phenoxy) is 1. The quantitative estimate of drug-likeness (QED) is 0.556. The molecule has 0 aromatic heterocycles. The number of nitrogens with two attached hydrogens (primary N) is 1. The van der Waals surface area contributed by atoms with Crippen molar-refractivity contribution in [3.05, 3.63) is 11.8 Å². The molecular weight excluding hydrogens is 188 g/mol. The van der Waals surface area contributed by atoms with Crippen molar-refractivity contribution >= 4 is 5.90 Å². The van der Waals surface area contributed by atoms with Gasteiger partial charge in [0.2, 0.25) is 5.90 Å². The predicted molar refractivity (Wildman–Crippen MR) is 62.8 cm³/mol. The zero-order valence-corrected chi connectivity index (χ0v) is 9.75.